The normalized spacial score (nSPS) is 11.3. The van der Waals surface area contributed by atoms with Crippen LogP contribution < -0.4 is 10.5 Å². The summed E-state index contributed by atoms with van der Waals surface area (Å²) < 4.78 is 28.0. The summed E-state index contributed by atoms with van der Waals surface area (Å²) in [4.78, 5) is 4.50. The highest BCUT2D eigenvalue weighted by molar-refractivity contribution is 9.10. The number of hydrogen-bond acceptors (Lipinski definition) is 5. The number of rotatable bonds is 4. The van der Waals surface area contributed by atoms with Crippen molar-refractivity contribution in [2.24, 2.45) is 0 Å². The van der Waals surface area contributed by atoms with Crippen LogP contribution in [0.1, 0.15) is 0 Å². The molecule has 0 aliphatic heterocycles. The van der Waals surface area contributed by atoms with Gasteiger partial charge < -0.3 is 5.73 Å². The quantitative estimate of drug-likeness (QED) is 0.638. The molecular weight excluding hydrogens is 398 g/mol. The number of aromatic nitrogens is 1. The molecule has 0 bridgehead atoms. The van der Waals surface area contributed by atoms with Gasteiger partial charge in [-0.25, -0.2) is 13.4 Å². The number of nitrogens with two attached hydrogens (primary N) is 1. The Bertz CT molecular complexity index is 920. The summed E-state index contributed by atoms with van der Waals surface area (Å²) >= 11 is 4.51. The maximum absolute atomic E-state index is 12.3. The zero-order valence-electron chi connectivity index (χ0n) is 11.7. The van der Waals surface area contributed by atoms with Crippen molar-refractivity contribution in [1.82, 2.24) is 4.98 Å². The summed E-state index contributed by atoms with van der Waals surface area (Å²) in [5, 5.41) is 2.12. The Morgan fingerprint density at radius 3 is 2.35 bits per heavy atom. The second-order valence-electron chi connectivity index (χ2n) is 4.72. The zero-order chi connectivity index (χ0) is 16.4. The molecule has 0 saturated carbocycles. The van der Waals surface area contributed by atoms with Gasteiger partial charge in [0, 0.05) is 21.1 Å². The molecule has 0 radical (unpaired) electrons. The number of halogens is 1. The monoisotopic (exact) mass is 409 g/mol. The van der Waals surface area contributed by atoms with E-state index in [2.05, 4.69) is 25.6 Å². The second-order valence-corrected chi connectivity index (χ2v) is 8.18. The first-order valence-electron chi connectivity index (χ1n) is 6.54. The number of thiazole rings is 1. The number of hydrogen-bond donors (Lipinski definition) is 2. The fraction of sp³-hybridized carbons (Fsp3) is 0. The lowest BCUT2D eigenvalue weighted by molar-refractivity contribution is 0.601. The third kappa shape index (κ3) is 3.72. The molecule has 5 nitrogen and oxygen atoms in total. The molecule has 0 atom stereocenters. The fourth-order valence-corrected chi connectivity index (χ4v) is 4.13. The fourth-order valence-electron chi connectivity index (χ4n) is 1.89. The minimum absolute atomic E-state index is 0.185. The Hall–Kier alpha value is -1.90. The first-order chi connectivity index (χ1) is 10.9. The lowest BCUT2D eigenvalue weighted by Gasteiger charge is -2.05. The van der Waals surface area contributed by atoms with Crippen molar-refractivity contribution in [2.75, 3.05) is 10.5 Å². The van der Waals surface area contributed by atoms with E-state index in [1.54, 1.807) is 29.6 Å². The van der Waals surface area contributed by atoms with E-state index in [1.165, 1.54) is 23.5 Å². The number of nitrogen functional groups attached to an aromatic ring is 1. The lowest BCUT2D eigenvalue weighted by atomic mass is 10.2. The first-order valence-corrected chi connectivity index (χ1v) is 9.69. The van der Waals surface area contributed by atoms with Crippen LogP contribution in [0.25, 0.3) is 11.3 Å². The van der Waals surface area contributed by atoms with Crippen molar-refractivity contribution in [3.8, 4) is 11.3 Å². The molecule has 0 amide bonds. The Labute approximate surface area is 146 Å². The van der Waals surface area contributed by atoms with Gasteiger partial charge in [-0.2, -0.15) is 0 Å². The van der Waals surface area contributed by atoms with Crippen LogP contribution in [0.15, 0.2) is 63.3 Å². The maximum Gasteiger partial charge on any atom is 0.263 e. The van der Waals surface area contributed by atoms with Crippen LogP contribution in [0.4, 0.5) is 10.8 Å². The van der Waals surface area contributed by atoms with E-state index in [1.807, 2.05) is 12.1 Å². The molecule has 0 saturated heterocycles. The lowest BCUT2D eigenvalue weighted by Crippen LogP contribution is -2.12. The summed E-state index contributed by atoms with van der Waals surface area (Å²) in [5.74, 6) is 0. The number of sulfonamides is 1. The molecule has 3 rings (SSSR count). The largest absolute Gasteiger partial charge is 0.399 e. The molecule has 1 aromatic heterocycles. The van der Waals surface area contributed by atoms with Crippen molar-refractivity contribution < 1.29 is 8.42 Å². The van der Waals surface area contributed by atoms with Gasteiger partial charge in [0.1, 0.15) is 0 Å². The number of nitrogens with zero attached hydrogens (tertiary/aromatic N) is 1. The summed E-state index contributed by atoms with van der Waals surface area (Å²) in [6, 6.07) is 13.7. The molecule has 118 valence electrons. The molecular formula is C15H12BrN3O2S2. The Morgan fingerprint density at radius 2 is 1.70 bits per heavy atom. The molecule has 23 heavy (non-hydrogen) atoms. The molecule has 1 heterocycles. The predicted molar refractivity (Wildman–Crippen MR) is 96.9 cm³/mol. The van der Waals surface area contributed by atoms with Gasteiger partial charge in [-0.1, -0.05) is 28.1 Å². The minimum Gasteiger partial charge on any atom is -0.399 e. The summed E-state index contributed by atoms with van der Waals surface area (Å²) in [7, 11) is -3.65. The van der Waals surface area contributed by atoms with Gasteiger partial charge in [-0.05, 0) is 36.4 Å². The number of nitrogens with one attached hydrogen (secondary N) is 1. The van der Waals surface area contributed by atoms with Gasteiger partial charge in [0.25, 0.3) is 10.0 Å². The highest BCUT2D eigenvalue weighted by Gasteiger charge is 2.16. The summed E-state index contributed by atoms with van der Waals surface area (Å²) in [6.07, 6.45) is 0. The van der Waals surface area contributed by atoms with Gasteiger partial charge in [0.2, 0.25) is 0 Å². The van der Waals surface area contributed by atoms with Crippen LogP contribution in [0.2, 0.25) is 0 Å². The van der Waals surface area contributed by atoms with Crippen molar-refractivity contribution in [2.45, 2.75) is 4.90 Å². The van der Waals surface area contributed by atoms with Crippen molar-refractivity contribution in [3.05, 3.63) is 58.4 Å². The molecule has 0 fully saturated rings. The van der Waals surface area contributed by atoms with Gasteiger partial charge >= 0.3 is 0 Å². The Kier molecular flexibility index (Phi) is 4.38. The second kappa shape index (κ2) is 6.31. The summed E-state index contributed by atoms with van der Waals surface area (Å²) in [6.45, 7) is 0. The summed E-state index contributed by atoms with van der Waals surface area (Å²) in [5.41, 5.74) is 7.90. The standard InChI is InChI=1S/C15H12BrN3O2S2/c16-11-3-7-13(8-4-11)23(20,21)19-15-18-14(9-22-15)10-1-5-12(17)6-2-10/h1-9H,17H2,(H,18,19). The Balaban J connectivity index is 1.83. The van der Waals surface area contributed by atoms with Gasteiger partial charge in [-0.15, -0.1) is 11.3 Å². The highest BCUT2D eigenvalue weighted by atomic mass is 79.9. The third-order valence-electron chi connectivity index (χ3n) is 3.06. The average Bonchev–Trinajstić information content (AvgIpc) is 2.96. The molecule has 3 aromatic rings. The van der Waals surface area contributed by atoms with E-state index in [0.29, 0.717) is 16.5 Å². The van der Waals surface area contributed by atoms with Gasteiger partial charge in [-0.3, -0.25) is 4.72 Å². The van der Waals surface area contributed by atoms with Crippen molar-refractivity contribution >= 4 is 48.1 Å². The predicted octanol–water partition coefficient (Wildman–Crippen LogP) is 3.96. The van der Waals surface area contributed by atoms with E-state index < -0.39 is 10.0 Å². The highest BCUT2D eigenvalue weighted by Crippen LogP contribution is 2.27. The van der Waals surface area contributed by atoms with Gasteiger partial charge in [0.15, 0.2) is 5.13 Å². The zero-order valence-corrected chi connectivity index (χ0v) is 15.0. The average molecular weight is 410 g/mol. The molecule has 2 aromatic carbocycles. The smallest absolute Gasteiger partial charge is 0.263 e. The van der Waals surface area contributed by atoms with Crippen LogP contribution >= 0.6 is 27.3 Å². The minimum atomic E-state index is -3.65. The SMILES string of the molecule is Nc1ccc(-c2csc(NS(=O)(=O)c3ccc(Br)cc3)n2)cc1. The van der Waals surface area contributed by atoms with E-state index in [-0.39, 0.29) is 4.90 Å². The van der Waals surface area contributed by atoms with Gasteiger partial charge in [0.05, 0.1) is 10.6 Å². The molecule has 0 spiro atoms. The van der Waals surface area contributed by atoms with Crippen LogP contribution in [0.5, 0.6) is 0 Å². The Morgan fingerprint density at radius 1 is 1.04 bits per heavy atom. The van der Waals surface area contributed by atoms with Crippen LogP contribution in [0.3, 0.4) is 0 Å². The van der Waals surface area contributed by atoms with Crippen LogP contribution in [-0.4, -0.2) is 13.4 Å². The van der Waals surface area contributed by atoms with E-state index >= 15 is 0 Å². The van der Waals surface area contributed by atoms with Crippen molar-refractivity contribution in [3.63, 3.8) is 0 Å². The maximum atomic E-state index is 12.3. The molecule has 3 N–H and O–H groups in total. The number of anilines is 2. The van der Waals surface area contributed by atoms with E-state index in [4.69, 9.17) is 5.73 Å². The van der Waals surface area contributed by atoms with E-state index in [0.717, 1.165) is 10.0 Å². The molecule has 0 aliphatic rings. The number of benzene rings is 2. The van der Waals surface area contributed by atoms with Crippen molar-refractivity contribution in [1.29, 1.82) is 0 Å². The third-order valence-corrected chi connectivity index (χ3v) is 5.83. The van der Waals surface area contributed by atoms with E-state index in [9.17, 15) is 8.42 Å². The van der Waals surface area contributed by atoms with Crippen LogP contribution in [0, 0.1) is 0 Å². The topological polar surface area (TPSA) is 85.1 Å². The molecule has 0 unspecified atom stereocenters. The van der Waals surface area contributed by atoms with Crippen LogP contribution in [-0.2, 0) is 10.0 Å². The first kappa shape index (κ1) is 16.0. The molecule has 8 heteroatoms. The molecule has 0 aliphatic carbocycles.